The Labute approximate surface area is 79.8 Å². The summed E-state index contributed by atoms with van der Waals surface area (Å²) in [6.07, 6.45) is 2.80. The van der Waals surface area contributed by atoms with Gasteiger partial charge in [-0.2, -0.15) is 0 Å². The predicted molar refractivity (Wildman–Crippen MR) is 51.7 cm³/mol. The molecule has 1 heterocycles. The van der Waals surface area contributed by atoms with Gasteiger partial charge in [0.25, 0.3) is 0 Å². The van der Waals surface area contributed by atoms with Crippen molar-refractivity contribution in [1.82, 2.24) is 5.32 Å². The third-order valence-electron chi connectivity index (χ3n) is 2.64. The van der Waals surface area contributed by atoms with E-state index < -0.39 is 0 Å². The molecule has 0 aromatic carbocycles. The first kappa shape index (κ1) is 10.7. The number of rotatable bonds is 5. The summed E-state index contributed by atoms with van der Waals surface area (Å²) < 4.78 is 5.28. The fourth-order valence-electron chi connectivity index (χ4n) is 1.69. The van der Waals surface area contributed by atoms with Crippen LogP contribution in [-0.2, 0) is 9.53 Å². The van der Waals surface area contributed by atoms with Gasteiger partial charge in [0.15, 0.2) is 0 Å². The summed E-state index contributed by atoms with van der Waals surface area (Å²) >= 11 is 0. The van der Waals surface area contributed by atoms with E-state index >= 15 is 0 Å². The molecule has 2 unspecified atom stereocenters. The molecule has 0 bridgehead atoms. The average Bonchev–Trinajstić information content (AvgIpc) is 2.61. The standard InChI is InChI=1S/C10H19NO2/c1-3-4-5-10(12)8-6-13-7-9(8)11-2/h8-9,11H,3-7H2,1-2H3. The highest BCUT2D eigenvalue weighted by molar-refractivity contribution is 5.82. The predicted octanol–water partition coefficient (Wildman–Crippen LogP) is 0.980. The largest absolute Gasteiger partial charge is 0.379 e. The van der Waals surface area contributed by atoms with Gasteiger partial charge in [-0.1, -0.05) is 13.3 Å². The molecule has 1 aliphatic rings. The molecule has 1 saturated heterocycles. The number of likely N-dealkylation sites (N-methyl/N-ethyl adjacent to an activating group) is 1. The molecular weight excluding hydrogens is 166 g/mol. The molecule has 1 rings (SSSR count). The highest BCUT2D eigenvalue weighted by Gasteiger charge is 2.31. The summed E-state index contributed by atoms with van der Waals surface area (Å²) in [7, 11) is 1.89. The van der Waals surface area contributed by atoms with Crippen molar-refractivity contribution < 1.29 is 9.53 Å². The van der Waals surface area contributed by atoms with Crippen LogP contribution in [0.1, 0.15) is 26.2 Å². The van der Waals surface area contributed by atoms with E-state index in [0.717, 1.165) is 12.8 Å². The molecular formula is C10H19NO2. The van der Waals surface area contributed by atoms with E-state index in [-0.39, 0.29) is 12.0 Å². The van der Waals surface area contributed by atoms with Crippen molar-refractivity contribution in [2.75, 3.05) is 20.3 Å². The van der Waals surface area contributed by atoms with Crippen LogP contribution in [0.4, 0.5) is 0 Å². The average molecular weight is 185 g/mol. The number of hydrogen-bond acceptors (Lipinski definition) is 3. The van der Waals surface area contributed by atoms with Gasteiger partial charge in [0.05, 0.1) is 19.1 Å². The van der Waals surface area contributed by atoms with E-state index in [2.05, 4.69) is 12.2 Å². The SMILES string of the molecule is CCCCC(=O)C1COCC1NC. The van der Waals surface area contributed by atoms with Crippen LogP contribution < -0.4 is 5.32 Å². The number of carbonyl (C=O) groups excluding carboxylic acids is 1. The number of ether oxygens (including phenoxy) is 1. The molecule has 13 heavy (non-hydrogen) atoms. The maximum atomic E-state index is 11.7. The molecule has 1 fully saturated rings. The molecule has 2 atom stereocenters. The van der Waals surface area contributed by atoms with Gasteiger partial charge in [0.2, 0.25) is 0 Å². The second kappa shape index (κ2) is 5.35. The first-order valence-corrected chi connectivity index (χ1v) is 5.07. The van der Waals surface area contributed by atoms with E-state index in [1.807, 2.05) is 7.05 Å². The Kier molecular flexibility index (Phi) is 4.39. The quantitative estimate of drug-likeness (QED) is 0.694. The minimum atomic E-state index is 0.0940. The van der Waals surface area contributed by atoms with Crippen molar-refractivity contribution in [3.63, 3.8) is 0 Å². The van der Waals surface area contributed by atoms with E-state index in [1.165, 1.54) is 0 Å². The lowest BCUT2D eigenvalue weighted by Crippen LogP contribution is -2.36. The summed E-state index contributed by atoms with van der Waals surface area (Å²) in [4.78, 5) is 11.7. The van der Waals surface area contributed by atoms with Gasteiger partial charge in [-0.25, -0.2) is 0 Å². The number of unbranched alkanes of at least 4 members (excludes halogenated alkanes) is 1. The minimum Gasteiger partial charge on any atom is -0.379 e. The van der Waals surface area contributed by atoms with Gasteiger partial charge >= 0.3 is 0 Å². The van der Waals surface area contributed by atoms with Crippen LogP contribution in [0.3, 0.4) is 0 Å². The second-order valence-corrected chi connectivity index (χ2v) is 3.61. The fraction of sp³-hybridized carbons (Fsp3) is 0.900. The molecule has 0 spiro atoms. The Balaban J connectivity index is 2.36. The zero-order valence-electron chi connectivity index (χ0n) is 8.51. The second-order valence-electron chi connectivity index (χ2n) is 3.61. The number of ketones is 1. The molecule has 1 aliphatic heterocycles. The molecule has 76 valence electrons. The highest BCUT2D eigenvalue weighted by atomic mass is 16.5. The minimum absolute atomic E-state index is 0.0940. The summed E-state index contributed by atoms with van der Waals surface area (Å²) in [5.74, 6) is 0.454. The summed E-state index contributed by atoms with van der Waals surface area (Å²) in [6, 6.07) is 0.240. The highest BCUT2D eigenvalue weighted by Crippen LogP contribution is 2.17. The Morgan fingerprint density at radius 3 is 2.92 bits per heavy atom. The van der Waals surface area contributed by atoms with Crippen LogP contribution in [0.2, 0.25) is 0 Å². The number of nitrogens with one attached hydrogen (secondary N) is 1. The molecule has 0 aromatic rings. The summed E-state index contributed by atoms with van der Waals surface area (Å²) in [6.45, 7) is 3.39. The van der Waals surface area contributed by atoms with Crippen molar-refractivity contribution in [2.45, 2.75) is 32.2 Å². The molecule has 0 aliphatic carbocycles. The van der Waals surface area contributed by atoms with Crippen molar-refractivity contribution in [1.29, 1.82) is 0 Å². The number of carbonyl (C=O) groups is 1. The topological polar surface area (TPSA) is 38.3 Å². The Morgan fingerprint density at radius 1 is 1.54 bits per heavy atom. The molecule has 1 N–H and O–H groups in total. The lowest BCUT2D eigenvalue weighted by atomic mass is 9.95. The number of Topliss-reactive ketones (excluding diaryl/α,β-unsaturated/α-hetero) is 1. The van der Waals surface area contributed by atoms with E-state index in [0.29, 0.717) is 25.4 Å². The van der Waals surface area contributed by atoms with Gasteiger partial charge in [0.1, 0.15) is 5.78 Å². The van der Waals surface area contributed by atoms with Gasteiger partial charge in [-0.3, -0.25) is 4.79 Å². The maximum absolute atomic E-state index is 11.7. The first-order chi connectivity index (χ1) is 6.29. The summed E-state index contributed by atoms with van der Waals surface area (Å²) in [5, 5.41) is 3.13. The fourth-order valence-corrected chi connectivity index (χ4v) is 1.69. The van der Waals surface area contributed by atoms with Crippen molar-refractivity contribution in [3.8, 4) is 0 Å². The smallest absolute Gasteiger partial charge is 0.139 e. The van der Waals surface area contributed by atoms with Crippen LogP contribution in [-0.4, -0.2) is 32.1 Å². The monoisotopic (exact) mass is 185 g/mol. The maximum Gasteiger partial charge on any atom is 0.139 e. The first-order valence-electron chi connectivity index (χ1n) is 5.07. The normalized spacial score (nSPS) is 27.8. The van der Waals surface area contributed by atoms with Crippen LogP contribution in [0.5, 0.6) is 0 Å². The zero-order valence-corrected chi connectivity index (χ0v) is 8.51. The van der Waals surface area contributed by atoms with Crippen molar-refractivity contribution >= 4 is 5.78 Å². The third kappa shape index (κ3) is 2.78. The molecule has 3 nitrogen and oxygen atoms in total. The summed E-state index contributed by atoms with van der Waals surface area (Å²) in [5.41, 5.74) is 0. The van der Waals surface area contributed by atoms with Crippen LogP contribution in [0.15, 0.2) is 0 Å². The van der Waals surface area contributed by atoms with Gasteiger partial charge in [0, 0.05) is 12.5 Å². The molecule has 0 radical (unpaired) electrons. The molecule has 0 saturated carbocycles. The van der Waals surface area contributed by atoms with Gasteiger partial charge < -0.3 is 10.1 Å². The molecule has 0 amide bonds. The van der Waals surface area contributed by atoms with Crippen LogP contribution >= 0.6 is 0 Å². The van der Waals surface area contributed by atoms with E-state index in [1.54, 1.807) is 0 Å². The van der Waals surface area contributed by atoms with Gasteiger partial charge in [-0.15, -0.1) is 0 Å². The molecule has 3 heteroatoms. The van der Waals surface area contributed by atoms with E-state index in [4.69, 9.17) is 4.74 Å². The van der Waals surface area contributed by atoms with Crippen molar-refractivity contribution in [3.05, 3.63) is 0 Å². The molecule has 0 aromatic heterocycles. The van der Waals surface area contributed by atoms with E-state index in [9.17, 15) is 4.79 Å². The van der Waals surface area contributed by atoms with Crippen LogP contribution in [0.25, 0.3) is 0 Å². The Bertz CT molecular complexity index is 170. The lowest BCUT2D eigenvalue weighted by Gasteiger charge is -2.14. The zero-order chi connectivity index (χ0) is 9.68. The number of hydrogen-bond donors (Lipinski definition) is 1. The van der Waals surface area contributed by atoms with Crippen LogP contribution in [0, 0.1) is 5.92 Å². The van der Waals surface area contributed by atoms with Gasteiger partial charge in [-0.05, 0) is 13.5 Å². The lowest BCUT2D eigenvalue weighted by molar-refractivity contribution is -0.123. The Morgan fingerprint density at radius 2 is 2.31 bits per heavy atom. The third-order valence-corrected chi connectivity index (χ3v) is 2.64. The van der Waals surface area contributed by atoms with Crippen molar-refractivity contribution in [2.24, 2.45) is 5.92 Å². The Hall–Kier alpha value is -0.410.